The Hall–Kier alpha value is -1.75. The van der Waals surface area contributed by atoms with Gasteiger partial charge in [-0.15, -0.1) is 6.58 Å². The van der Waals surface area contributed by atoms with E-state index in [-0.39, 0.29) is 0 Å². The minimum atomic E-state index is 0.750. The van der Waals surface area contributed by atoms with Gasteiger partial charge in [-0.2, -0.15) is 0 Å². The van der Waals surface area contributed by atoms with Gasteiger partial charge in [-0.3, -0.25) is 4.99 Å². The van der Waals surface area contributed by atoms with Crippen LogP contribution < -0.4 is 5.32 Å². The molecule has 5 nitrogen and oxygen atoms in total. The highest BCUT2D eigenvalue weighted by atomic mass is 16.3. The number of nitrogens with zero attached hydrogens (tertiary/aromatic N) is 3. The van der Waals surface area contributed by atoms with Crippen molar-refractivity contribution in [1.82, 2.24) is 15.1 Å². The van der Waals surface area contributed by atoms with Gasteiger partial charge in [-0.05, 0) is 50.4 Å². The minimum Gasteiger partial charge on any atom is -0.469 e. The van der Waals surface area contributed by atoms with Gasteiger partial charge in [0.2, 0.25) is 0 Å². The molecule has 1 N–H and O–H groups in total. The number of hydrogen-bond donors (Lipinski definition) is 1. The Bertz CT molecular complexity index is 519. The predicted molar refractivity (Wildman–Crippen MR) is 98.3 cm³/mol. The molecule has 0 bridgehead atoms. The van der Waals surface area contributed by atoms with E-state index in [4.69, 9.17) is 9.41 Å². The molecule has 132 valence electrons. The fraction of sp³-hybridized carbons (Fsp3) is 0.632. The molecule has 2 saturated heterocycles. The Balaban J connectivity index is 1.51. The zero-order valence-electron chi connectivity index (χ0n) is 14.6. The van der Waals surface area contributed by atoms with E-state index < -0.39 is 0 Å². The Morgan fingerprint density at radius 1 is 1.38 bits per heavy atom. The second kappa shape index (κ2) is 8.92. The molecule has 3 rings (SSSR count). The van der Waals surface area contributed by atoms with Crippen molar-refractivity contribution in [2.45, 2.75) is 25.7 Å². The number of guanidine groups is 1. The standard InChI is InChI=1S/C19H30N4O/c1-2-9-20-19(21-10-7-18-6-5-14-24-18)23-13-8-17(16-23)15-22-11-3-4-12-22/h2,5-6,14,17H,1,3-4,7-13,15-16H2,(H,20,21). The molecule has 1 unspecified atom stereocenters. The van der Waals surface area contributed by atoms with Crippen LogP contribution in [0.25, 0.3) is 0 Å². The maximum absolute atomic E-state index is 5.39. The first-order chi connectivity index (χ1) is 11.8. The van der Waals surface area contributed by atoms with Crippen molar-refractivity contribution >= 4 is 5.96 Å². The minimum absolute atomic E-state index is 0.750. The van der Waals surface area contributed by atoms with Crippen molar-refractivity contribution in [2.75, 3.05) is 45.8 Å². The van der Waals surface area contributed by atoms with Crippen LogP contribution in [0.2, 0.25) is 0 Å². The smallest absolute Gasteiger partial charge is 0.194 e. The van der Waals surface area contributed by atoms with Crippen LogP contribution in [0.4, 0.5) is 0 Å². The van der Waals surface area contributed by atoms with Gasteiger partial charge >= 0.3 is 0 Å². The van der Waals surface area contributed by atoms with Crippen molar-refractivity contribution in [3.8, 4) is 0 Å². The molecule has 2 aliphatic rings. The molecular formula is C19H30N4O. The normalized spacial score (nSPS) is 22.2. The fourth-order valence-corrected chi connectivity index (χ4v) is 3.66. The Kier molecular flexibility index (Phi) is 6.35. The van der Waals surface area contributed by atoms with Crippen LogP contribution in [0.5, 0.6) is 0 Å². The van der Waals surface area contributed by atoms with Crippen molar-refractivity contribution < 1.29 is 4.42 Å². The number of hydrogen-bond acceptors (Lipinski definition) is 3. The Labute approximate surface area is 145 Å². The van der Waals surface area contributed by atoms with E-state index in [1.165, 1.54) is 38.9 Å². The molecule has 0 saturated carbocycles. The van der Waals surface area contributed by atoms with E-state index in [9.17, 15) is 0 Å². The van der Waals surface area contributed by atoms with Crippen molar-refractivity contribution in [3.05, 3.63) is 36.8 Å². The molecule has 5 heteroatoms. The monoisotopic (exact) mass is 330 g/mol. The highest BCUT2D eigenvalue weighted by molar-refractivity contribution is 5.80. The first-order valence-corrected chi connectivity index (χ1v) is 9.24. The average Bonchev–Trinajstić information content (AvgIpc) is 3.34. The molecule has 0 amide bonds. The topological polar surface area (TPSA) is 44.0 Å². The van der Waals surface area contributed by atoms with Gasteiger partial charge in [0.25, 0.3) is 0 Å². The van der Waals surface area contributed by atoms with Crippen LogP contribution in [-0.2, 0) is 6.42 Å². The van der Waals surface area contributed by atoms with Gasteiger partial charge in [-0.1, -0.05) is 6.08 Å². The summed E-state index contributed by atoms with van der Waals surface area (Å²) in [5, 5.41) is 3.42. The van der Waals surface area contributed by atoms with Gasteiger partial charge in [0.15, 0.2) is 5.96 Å². The van der Waals surface area contributed by atoms with Crippen LogP contribution in [0.15, 0.2) is 40.5 Å². The Morgan fingerprint density at radius 2 is 2.25 bits per heavy atom. The van der Waals surface area contributed by atoms with Gasteiger partial charge in [0, 0.05) is 39.1 Å². The second-order valence-electron chi connectivity index (χ2n) is 6.81. The molecule has 0 aliphatic carbocycles. The molecule has 1 aromatic heterocycles. The third kappa shape index (κ3) is 4.87. The first-order valence-electron chi connectivity index (χ1n) is 9.24. The number of aliphatic imine (C=N–C) groups is 1. The van der Waals surface area contributed by atoms with Crippen LogP contribution in [0, 0.1) is 5.92 Å². The molecule has 1 aromatic rings. The van der Waals surface area contributed by atoms with Gasteiger partial charge < -0.3 is 19.5 Å². The number of furan rings is 1. The quantitative estimate of drug-likeness (QED) is 0.474. The summed E-state index contributed by atoms with van der Waals surface area (Å²) >= 11 is 0. The van der Waals surface area contributed by atoms with E-state index in [1.54, 1.807) is 6.26 Å². The number of likely N-dealkylation sites (tertiary alicyclic amines) is 2. The molecule has 3 heterocycles. The Morgan fingerprint density at radius 3 is 3.00 bits per heavy atom. The SMILES string of the molecule is C=CCNC(=NCCc1ccco1)N1CCC(CN2CCCC2)C1. The molecule has 2 fully saturated rings. The summed E-state index contributed by atoms with van der Waals surface area (Å²) in [7, 11) is 0. The van der Waals surface area contributed by atoms with E-state index in [2.05, 4.69) is 21.7 Å². The van der Waals surface area contributed by atoms with Crippen molar-refractivity contribution in [2.24, 2.45) is 10.9 Å². The second-order valence-corrected chi connectivity index (χ2v) is 6.81. The first kappa shape index (κ1) is 17.1. The van der Waals surface area contributed by atoms with Crippen molar-refractivity contribution in [3.63, 3.8) is 0 Å². The average molecular weight is 330 g/mol. The number of nitrogens with one attached hydrogen (secondary N) is 1. The number of rotatable bonds is 7. The summed E-state index contributed by atoms with van der Waals surface area (Å²) < 4.78 is 5.39. The van der Waals surface area contributed by atoms with E-state index in [1.807, 2.05) is 18.2 Å². The summed E-state index contributed by atoms with van der Waals surface area (Å²) in [5.41, 5.74) is 0. The molecular weight excluding hydrogens is 300 g/mol. The maximum Gasteiger partial charge on any atom is 0.194 e. The zero-order chi connectivity index (χ0) is 16.6. The molecule has 1 atom stereocenters. The molecule has 2 aliphatic heterocycles. The third-order valence-electron chi connectivity index (χ3n) is 4.90. The third-order valence-corrected chi connectivity index (χ3v) is 4.90. The van der Waals surface area contributed by atoms with Gasteiger partial charge in [-0.25, -0.2) is 0 Å². The zero-order valence-corrected chi connectivity index (χ0v) is 14.6. The van der Waals surface area contributed by atoms with Gasteiger partial charge in [0.05, 0.1) is 6.26 Å². The van der Waals surface area contributed by atoms with E-state index in [0.717, 1.165) is 50.2 Å². The van der Waals surface area contributed by atoms with Crippen LogP contribution in [0.3, 0.4) is 0 Å². The predicted octanol–water partition coefficient (Wildman–Crippen LogP) is 2.37. The summed E-state index contributed by atoms with van der Waals surface area (Å²) in [4.78, 5) is 9.83. The maximum atomic E-state index is 5.39. The fourth-order valence-electron chi connectivity index (χ4n) is 3.66. The van der Waals surface area contributed by atoms with E-state index in [0.29, 0.717) is 0 Å². The largest absolute Gasteiger partial charge is 0.469 e. The highest BCUT2D eigenvalue weighted by Crippen LogP contribution is 2.20. The summed E-state index contributed by atoms with van der Waals surface area (Å²) in [6.07, 6.45) is 8.47. The highest BCUT2D eigenvalue weighted by Gasteiger charge is 2.27. The van der Waals surface area contributed by atoms with Crippen LogP contribution >= 0.6 is 0 Å². The lowest BCUT2D eigenvalue weighted by Gasteiger charge is -2.23. The summed E-state index contributed by atoms with van der Waals surface area (Å²) in [6.45, 7) is 11.3. The lowest BCUT2D eigenvalue weighted by molar-refractivity contribution is 0.281. The summed E-state index contributed by atoms with van der Waals surface area (Å²) in [5.74, 6) is 2.78. The lowest BCUT2D eigenvalue weighted by Crippen LogP contribution is -2.41. The van der Waals surface area contributed by atoms with Crippen LogP contribution in [0.1, 0.15) is 25.0 Å². The summed E-state index contributed by atoms with van der Waals surface area (Å²) in [6, 6.07) is 3.94. The molecule has 24 heavy (non-hydrogen) atoms. The van der Waals surface area contributed by atoms with Crippen molar-refractivity contribution in [1.29, 1.82) is 0 Å². The van der Waals surface area contributed by atoms with Gasteiger partial charge in [0.1, 0.15) is 5.76 Å². The van der Waals surface area contributed by atoms with Crippen LogP contribution in [-0.4, -0.2) is 61.6 Å². The molecule has 0 aromatic carbocycles. The molecule has 0 spiro atoms. The van der Waals surface area contributed by atoms with E-state index >= 15 is 0 Å². The molecule has 0 radical (unpaired) electrons. The lowest BCUT2D eigenvalue weighted by atomic mass is 10.1.